The van der Waals surface area contributed by atoms with E-state index in [4.69, 9.17) is 11.6 Å². The number of phenols is 1. The van der Waals surface area contributed by atoms with Crippen LogP contribution < -0.4 is 5.32 Å². The molecule has 110 valence electrons. The van der Waals surface area contributed by atoms with Crippen molar-refractivity contribution in [2.45, 2.75) is 19.4 Å². The monoisotopic (exact) mass is 307 g/mol. The molecule has 2 aromatic carbocycles. The molecule has 1 unspecified atom stereocenters. The average molecular weight is 308 g/mol. The van der Waals surface area contributed by atoms with E-state index >= 15 is 0 Å². The Morgan fingerprint density at radius 1 is 1.29 bits per heavy atom. The third-order valence-corrected chi connectivity index (χ3v) is 3.35. The highest BCUT2D eigenvalue weighted by Gasteiger charge is 2.12. The molecule has 0 fully saturated rings. The number of halogens is 2. The fourth-order valence-electron chi connectivity index (χ4n) is 1.98. The summed E-state index contributed by atoms with van der Waals surface area (Å²) in [6.45, 7) is 1.86. The van der Waals surface area contributed by atoms with Gasteiger partial charge < -0.3 is 10.4 Å². The van der Waals surface area contributed by atoms with Gasteiger partial charge in [-0.1, -0.05) is 23.7 Å². The topological polar surface area (TPSA) is 49.3 Å². The number of phenolic OH excluding ortho intramolecular Hbond substituents is 1. The summed E-state index contributed by atoms with van der Waals surface area (Å²) < 4.78 is 12.8. The molecule has 0 aliphatic heterocycles. The Morgan fingerprint density at radius 2 is 1.95 bits per heavy atom. The molecule has 0 aliphatic rings. The van der Waals surface area contributed by atoms with Crippen LogP contribution in [-0.4, -0.2) is 17.1 Å². The van der Waals surface area contributed by atoms with Gasteiger partial charge in [0.1, 0.15) is 11.6 Å². The molecule has 2 N–H and O–H groups in total. The molecule has 0 spiro atoms. The number of aromatic hydroxyl groups is 1. The second kappa shape index (κ2) is 6.59. The predicted molar refractivity (Wildman–Crippen MR) is 80.1 cm³/mol. The van der Waals surface area contributed by atoms with E-state index in [1.807, 2.05) is 6.92 Å². The molecule has 0 aliphatic carbocycles. The molecule has 0 radical (unpaired) electrons. The number of amides is 1. The van der Waals surface area contributed by atoms with Crippen LogP contribution in [-0.2, 0) is 6.42 Å². The first kappa shape index (κ1) is 15.3. The fourth-order valence-corrected chi connectivity index (χ4v) is 2.16. The first-order valence-corrected chi connectivity index (χ1v) is 6.87. The van der Waals surface area contributed by atoms with Crippen LogP contribution in [0.25, 0.3) is 0 Å². The summed E-state index contributed by atoms with van der Waals surface area (Å²) in [5.41, 5.74) is 1.32. The Labute approximate surface area is 127 Å². The lowest BCUT2D eigenvalue weighted by Crippen LogP contribution is -2.34. The van der Waals surface area contributed by atoms with Crippen LogP contribution in [0, 0.1) is 5.82 Å². The van der Waals surface area contributed by atoms with Gasteiger partial charge in [-0.15, -0.1) is 0 Å². The Bertz CT molecular complexity index is 643. The van der Waals surface area contributed by atoms with Crippen LogP contribution >= 0.6 is 11.6 Å². The summed E-state index contributed by atoms with van der Waals surface area (Å²) in [4.78, 5) is 12.1. The molecule has 0 heterocycles. The zero-order valence-corrected chi connectivity index (χ0v) is 12.2. The fraction of sp³-hybridized carbons (Fsp3) is 0.188. The van der Waals surface area contributed by atoms with Crippen molar-refractivity contribution in [3.05, 3.63) is 64.4 Å². The van der Waals surface area contributed by atoms with Crippen molar-refractivity contribution in [1.82, 2.24) is 5.32 Å². The van der Waals surface area contributed by atoms with Gasteiger partial charge in [0.05, 0.1) is 5.02 Å². The molecule has 2 rings (SSSR count). The molecule has 5 heteroatoms. The normalized spacial score (nSPS) is 12.0. The number of hydrogen-bond acceptors (Lipinski definition) is 2. The molecule has 0 saturated heterocycles. The van der Waals surface area contributed by atoms with Gasteiger partial charge in [-0.3, -0.25) is 4.79 Å². The molecule has 1 amide bonds. The van der Waals surface area contributed by atoms with E-state index in [9.17, 15) is 14.3 Å². The minimum absolute atomic E-state index is 0.0624. The third kappa shape index (κ3) is 4.20. The van der Waals surface area contributed by atoms with Crippen LogP contribution in [0.4, 0.5) is 4.39 Å². The highest BCUT2D eigenvalue weighted by molar-refractivity contribution is 6.32. The summed E-state index contributed by atoms with van der Waals surface area (Å²) in [5, 5.41) is 12.3. The van der Waals surface area contributed by atoms with Crippen molar-refractivity contribution in [3.8, 4) is 5.75 Å². The van der Waals surface area contributed by atoms with E-state index in [2.05, 4.69) is 5.32 Å². The lowest BCUT2D eigenvalue weighted by molar-refractivity contribution is 0.0940. The highest BCUT2D eigenvalue weighted by Crippen LogP contribution is 2.23. The number of benzene rings is 2. The van der Waals surface area contributed by atoms with Crippen molar-refractivity contribution in [1.29, 1.82) is 0 Å². The summed E-state index contributed by atoms with van der Waals surface area (Å²) >= 11 is 5.77. The summed E-state index contributed by atoms with van der Waals surface area (Å²) in [7, 11) is 0. The molecule has 0 bridgehead atoms. The Kier molecular flexibility index (Phi) is 4.81. The van der Waals surface area contributed by atoms with E-state index < -0.39 is 0 Å². The van der Waals surface area contributed by atoms with Gasteiger partial charge in [-0.2, -0.15) is 0 Å². The maximum atomic E-state index is 12.8. The highest BCUT2D eigenvalue weighted by atomic mass is 35.5. The van der Waals surface area contributed by atoms with Gasteiger partial charge in [0.15, 0.2) is 0 Å². The number of nitrogens with one attached hydrogen (secondary N) is 1. The van der Waals surface area contributed by atoms with Crippen LogP contribution in [0.5, 0.6) is 5.75 Å². The van der Waals surface area contributed by atoms with E-state index in [1.54, 1.807) is 12.1 Å². The predicted octanol–water partition coefficient (Wildman–Crippen LogP) is 3.55. The van der Waals surface area contributed by atoms with Crippen molar-refractivity contribution in [2.24, 2.45) is 0 Å². The van der Waals surface area contributed by atoms with Crippen LogP contribution in [0.1, 0.15) is 22.8 Å². The van der Waals surface area contributed by atoms with Crippen molar-refractivity contribution >= 4 is 17.5 Å². The number of hydrogen-bond donors (Lipinski definition) is 2. The molecular formula is C16H15ClFNO2. The van der Waals surface area contributed by atoms with Gasteiger partial charge in [0.25, 0.3) is 5.91 Å². The first-order chi connectivity index (χ1) is 9.95. The summed E-state index contributed by atoms with van der Waals surface area (Å²) in [5.74, 6) is -0.617. The number of carbonyl (C=O) groups is 1. The lowest BCUT2D eigenvalue weighted by atomic mass is 10.1. The van der Waals surface area contributed by atoms with Crippen molar-refractivity contribution < 1.29 is 14.3 Å². The summed E-state index contributed by atoms with van der Waals surface area (Å²) in [6.07, 6.45) is 0.595. The van der Waals surface area contributed by atoms with Crippen LogP contribution in [0.3, 0.4) is 0 Å². The Hall–Kier alpha value is -2.07. The molecule has 1 atom stereocenters. The number of rotatable bonds is 4. The van der Waals surface area contributed by atoms with E-state index in [1.165, 1.54) is 30.3 Å². The first-order valence-electron chi connectivity index (χ1n) is 6.49. The SMILES string of the molecule is CC(Cc1ccc(F)cc1)NC(=O)c1ccc(O)c(Cl)c1. The molecule has 0 saturated carbocycles. The third-order valence-electron chi connectivity index (χ3n) is 3.04. The van der Waals surface area contributed by atoms with Crippen molar-refractivity contribution in [2.75, 3.05) is 0 Å². The maximum absolute atomic E-state index is 12.8. The quantitative estimate of drug-likeness (QED) is 0.907. The minimum atomic E-state index is -0.283. The van der Waals surface area contributed by atoms with Gasteiger partial charge in [-0.05, 0) is 49.2 Å². The van der Waals surface area contributed by atoms with E-state index in [-0.39, 0.29) is 28.5 Å². The van der Waals surface area contributed by atoms with Gasteiger partial charge in [0.2, 0.25) is 0 Å². The number of carbonyl (C=O) groups excluding carboxylic acids is 1. The van der Waals surface area contributed by atoms with Gasteiger partial charge in [-0.25, -0.2) is 4.39 Å². The Morgan fingerprint density at radius 3 is 2.57 bits per heavy atom. The minimum Gasteiger partial charge on any atom is -0.506 e. The van der Waals surface area contributed by atoms with E-state index in [0.29, 0.717) is 12.0 Å². The second-order valence-electron chi connectivity index (χ2n) is 4.87. The van der Waals surface area contributed by atoms with E-state index in [0.717, 1.165) is 5.56 Å². The standard InChI is InChI=1S/C16H15ClFNO2/c1-10(8-11-2-5-13(18)6-3-11)19-16(21)12-4-7-15(20)14(17)9-12/h2-7,9-10,20H,8H2,1H3,(H,19,21). The zero-order valence-electron chi connectivity index (χ0n) is 11.4. The maximum Gasteiger partial charge on any atom is 0.251 e. The van der Waals surface area contributed by atoms with Crippen molar-refractivity contribution in [3.63, 3.8) is 0 Å². The smallest absolute Gasteiger partial charge is 0.251 e. The Balaban J connectivity index is 1.98. The average Bonchev–Trinajstić information content (AvgIpc) is 2.44. The molecule has 3 nitrogen and oxygen atoms in total. The zero-order chi connectivity index (χ0) is 15.4. The largest absolute Gasteiger partial charge is 0.506 e. The molecule has 0 aromatic heterocycles. The second-order valence-corrected chi connectivity index (χ2v) is 5.28. The van der Waals surface area contributed by atoms with Gasteiger partial charge in [0, 0.05) is 11.6 Å². The molecular weight excluding hydrogens is 293 g/mol. The van der Waals surface area contributed by atoms with Crippen LogP contribution in [0.2, 0.25) is 5.02 Å². The van der Waals surface area contributed by atoms with Crippen LogP contribution in [0.15, 0.2) is 42.5 Å². The molecule has 2 aromatic rings. The molecule has 21 heavy (non-hydrogen) atoms. The van der Waals surface area contributed by atoms with Gasteiger partial charge >= 0.3 is 0 Å². The summed E-state index contributed by atoms with van der Waals surface area (Å²) in [6, 6.07) is 10.3. The lowest BCUT2D eigenvalue weighted by Gasteiger charge is -2.14.